The van der Waals surface area contributed by atoms with Gasteiger partial charge in [-0.1, -0.05) is 44.5 Å². The lowest BCUT2D eigenvalue weighted by atomic mass is 9.90. The maximum atomic E-state index is 5.45. The van der Waals surface area contributed by atoms with Gasteiger partial charge in [0.25, 0.3) is 0 Å². The van der Waals surface area contributed by atoms with E-state index in [1.165, 1.54) is 36.8 Å². The minimum absolute atomic E-state index is 0.588. The molecule has 0 radical (unpaired) electrons. The van der Waals surface area contributed by atoms with Crippen LogP contribution in [0, 0.1) is 0 Å². The van der Waals surface area contributed by atoms with Gasteiger partial charge in [-0.2, -0.15) is 0 Å². The first kappa shape index (κ1) is 13.5. The summed E-state index contributed by atoms with van der Waals surface area (Å²) in [5.74, 6) is 0.588. The summed E-state index contributed by atoms with van der Waals surface area (Å²) in [6.45, 7) is 5.40. The van der Waals surface area contributed by atoms with Crippen LogP contribution in [0.4, 0.5) is 0 Å². The summed E-state index contributed by atoms with van der Waals surface area (Å²) < 4.78 is 5.45. The maximum Gasteiger partial charge on any atom is 0.145 e. The molecular weight excluding hydrogens is 212 g/mol. The Kier molecular flexibility index (Phi) is 6.42. The molecule has 0 amide bonds. The largest absolute Gasteiger partial charge is 0.427 e. The Morgan fingerprint density at radius 2 is 2.00 bits per heavy atom. The summed E-state index contributed by atoms with van der Waals surface area (Å²) in [5.41, 5.74) is 3.03. The van der Waals surface area contributed by atoms with E-state index < -0.39 is 0 Å². The van der Waals surface area contributed by atoms with Crippen molar-refractivity contribution in [2.45, 2.75) is 45.4 Å². The molecular formula is C14H24OSi. The molecule has 0 aliphatic heterocycles. The molecule has 0 aliphatic carbocycles. The molecule has 0 bridgehead atoms. The fourth-order valence-electron chi connectivity index (χ4n) is 2.16. The summed E-state index contributed by atoms with van der Waals surface area (Å²) in [5, 5.41) is 0. The van der Waals surface area contributed by atoms with Crippen LogP contribution < -0.4 is 0 Å². The third-order valence-electron chi connectivity index (χ3n) is 3.16. The van der Waals surface area contributed by atoms with Crippen molar-refractivity contribution in [2.75, 3.05) is 6.61 Å². The first-order valence-corrected chi connectivity index (χ1v) is 7.21. The predicted molar refractivity (Wildman–Crippen MR) is 74.0 cm³/mol. The van der Waals surface area contributed by atoms with Gasteiger partial charge in [0.15, 0.2) is 0 Å². The Bertz CT molecular complexity index is 299. The molecule has 16 heavy (non-hydrogen) atoms. The lowest BCUT2D eigenvalue weighted by molar-refractivity contribution is 0.310. The van der Waals surface area contributed by atoms with Crippen LogP contribution in [0.3, 0.4) is 0 Å². The van der Waals surface area contributed by atoms with E-state index in [1.807, 2.05) is 0 Å². The Labute approximate surface area is 103 Å². The zero-order valence-corrected chi connectivity index (χ0v) is 12.8. The quantitative estimate of drug-likeness (QED) is 0.662. The Morgan fingerprint density at radius 1 is 1.25 bits per heavy atom. The van der Waals surface area contributed by atoms with Gasteiger partial charge in [-0.25, -0.2) is 0 Å². The second-order valence-corrected chi connectivity index (χ2v) is 4.94. The number of aryl methyl sites for hydroxylation is 1. The van der Waals surface area contributed by atoms with Crippen molar-refractivity contribution >= 4 is 10.5 Å². The van der Waals surface area contributed by atoms with Crippen LogP contribution in [0.15, 0.2) is 24.3 Å². The standard InChI is InChI=1S/C14H24OSi/c1-3-5-8-13-9-6-7-10-14(13)12(4-2)11-15-16/h6-7,9-10,12H,3-5,8,11H2,1-2,16H3. The molecule has 0 saturated carbocycles. The van der Waals surface area contributed by atoms with Crippen LogP contribution in [-0.2, 0) is 10.8 Å². The van der Waals surface area contributed by atoms with Crippen molar-refractivity contribution in [3.8, 4) is 0 Å². The van der Waals surface area contributed by atoms with Gasteiger partial charge >= 0.3 is 0 Å². The maximum absolute atomic E-state index is 5.45. The van der Waals surface area contributed by atoms with E-state index in [0.29, 0.717) is 5.92 Å². The van der Waals surface area contributed by atoms with Gasteiger partial charge in [-0.15, -0.1) is 0 Å². The first-order valence-electron chi connectivity index (χ1n) is 6.40. The van der Waals surface area contributed by atoms with Crippen molar-refractivity contribution < 1.29 is 4.43 Å². The molecule has 0 aromatic heterocycles. The molecule has 1 rings (SSSR count). The summed E-state index contributed by atoms with van der Waals surface area (Å²) in [6, 6.07) is 8.86. The highest BCUT2D eigenvalue weighted by Gasteiger charge is 2.12. The fraction of sp³-hybridized carbons (Fsp3) is 0.571. The highest BCUT2D eigenvalue weighted by molar-refractivity contribution is 5.97. The molecule has 1 nitrogen and oxygen atoms in total. The smallest absolute Gasteiger partial charge is 0.145 e. The van der Waals surface area contributed by atoms with Crippen molar-refractivity contribution in [3.05, 3.63) is 35.4 Å². The van der Waals surface area contributed by atoms with Crippen LogP contribution >= 0.6 is 0 Å². The minimum Gasteiger partial charge on any atom is -0.427 e. The Balaban J connectivity index is 2.82. The van der Waals surface area contributed by atoms with Crippen LogP contribution in [-0.4, -0.2) is 17.1 Å². The van der Waals surface area contributed by atoms with Crippen molar-refractivity contribution in [2.24, 2.45) is 0 Å². The second-order valence-electron chi connectivity index (χ2n) is 4.36. The van der Waals surface area contributed by atoms with E-state index in [4.69, 9.17) is 4.43 Å². The summed E-state index contributed by atoms with van der Waals surface area (Å²) >= 11 is 0. The summed E-state index contributed by atoms with van der Waals surface area (Å²) in [6.07, 6.45) is 4.94. The molecule has 0 spiro atoms. The van der Waals surface area contributed by atoms with Crippen LogP contribution in [0.5, 0.6) is 0 Å². The van der Waals surface area contributed by atoms with Gasteiger partial charge in [-0.3, -0.25) is 0 Å². The molecule has 1 unspecified atom stereocenters. The normalized spacial score (nSPS) is 12.9. The zero-order chi connectivity index (χ0) is 11.8. The van der Waals surface area contributed by atoms with E-state index in [0.717, 1.165) is 17.1 Å². The zero-order valence-electron chi connectivity index (χ0n) is 10.8. The minimum atomic E-state index is 0.588. The van der Waals surface area contributed by atoms with Crippen molar-refractivity contribution in [3.63, 3.8) is 0 Å². The van der Waals surface area contributed by atoms with Crippen molar-refractivity contribution in [1.29, 1.82) is 0 Å². The lowest BCUT2D eigenvalue weighted by Gasteiger charge is -2.18. The number of hydrogen-bond acceptors (Lipinski definition) is 1. The molecule has 2 heteroatoms. The molecule has 90 valence electrons. The molecule has 0 aliphatic rings. The van der Waals surface area contributed by atoms with Gasteiger partial charge < -0.3 is 4.43 Å². The third-order valence-corrected chi connectivity index (χ3v) is 3.49. The number of rotatable bonds is 7. The van der Waals surface area contributed by atoms with E-state index in [1.54, 1.807) is 0 Å². The van der Waals surface area contributed by atoms with E-state index in [-0.39, 0.29) is 0 Å². The molecule has 0 heterocycles. The first-order chi connectivity index (χ1) is 7.83. The molecule has 1 aromatic carbocycles. The van der Waals surface area contributed by atoms with Crippen LogP contribution in [0.1, 0.15) is 50.2 Å². The van der Waals surface area contributed by atoms with Gasteiger partial charge in [-0.05, 0) is 30.4 Å². The second kappa shape index (κ2) is 7.63. The highest BCUT2D eigenvalue weighted by Crippen LogP contribution is 2.24. The fourth-order valence-corrected chi connectivity index (χ4v) is 2.56. The van der Waals surface area contributed by atoms with E-state index >= 15 is 0 Å². The van der Waals surface area contributed by atoms with E-state index in [9.17, 15) is 0 Å². The topological polar surface area (TPSA) is 9.23 Å². The summed E-state index contributed by atoms with van der Waals surface area (Å²) in [7, 11) is 0.844. The van der Waals surface area contributed by atoms with Crippen LogP contribution in [0.25, 0.3) is 0 Å². The number of unbranched alkanes of at least 4 members (excludes halogenated alkanes) is 1. The predicted octanol–water partition coefficient (Wildman–Crippen LogP) is 2.82. The van der Waals surface area contributed by atoms with Crippen LogP contribution in [0.2, 0.25) is 0 Å². The van der Waals surface area contributed by atoms with E-state index in [2.05, 4.69) is 38.1 Å². The average Bonchev–Trinajstić information content (AvgIpc) is 2.34. The van der Waals surface area contributed by atoms with Crippen molar-refractivity contribution in [1.82, 2.24) is 0 Å². The monoisotopic (exact) mass is 236 g/mol. The number of hydrogen-bond donors (Lipinski definition) is 0. The van der Waals surface area contributed by atoms with Gasteiger partial charge in [0, 0.05) is 12.5 Å². The number of benzene rings is 1. The third kappa shape index (κ3) is 3.76. The van der Waals surface area contributed by atoms with Gasteiger partial charge in [0.05, 0.1) is 0 Å². The SMILES string of the molecule is CCCCc1ccccc1C(CC)CO[SiH3]. The van der Waals surface area contributed by atoms with Gasteiger partial charge in [0.2, 0.25) is 0 Å². The summed E-state index contributed by atoms with van der Waals surface area (Å²) in [4.78, 5) is 0. The molecule has 1 atom stereocenters. The van der Waals surface area contributed by atoms with Gasteiger partial charge in [0.1, 0.15) is 10.5 Å². The molecule has 0 saturated heterocycles. The average molecular weight is 236 g/mol. The Hall–Kier alpha value is -0.603. The molecule has 1 aromatic rings. The Morgan fingerprint density at radius 3 is 2.62 bits per heavy atom. The highest BCUT2D eigenvalue weighted by atomic mass is 28.2. The molecule has 0 N–H and O–H groups in total. The lowest BCUT2D eigenvalue weighted by Crippen LogP contribution is -2.08. The molecule has 0 fully saturated rings.